The molecule has 2 amide bonds. The summed E-state index contributed by atoms with van der Waals surface area (Å²) in [6.45, 7) is 10.2. The number of carbonyl (C=O) groups is 2. The normalized spacial score (nSPS) is 11.7. The second-order valence-electron chi connectivity index (χ2n) is 9.36. The topological polar surface area (TPSA) is 111 Å². The van der Waals surface area contributed by atoms with Crippen molar-refractivity contribution in [3.05, 3.63) is 34.1 Å². The lowest BCUT2D eigenvalue weighted by Crippen LogP contribution is -2.46. The molecular weight excluding hydrogens is 425 g/mol. The Labute approximate surface area is 187 Å². The van der Waals surface area contributed by atoms with Gasteiger partial charge in [-0.15, -0.1) is 0 Å². The Morgan fingerprint density at radius 2 is 1.41 bits per heavy atom. The van der Waals surface area contributed by atoms with E-state index in [0.29, 0.717) is 0 Å². The molecule has 32 heavy (non-hydrogen) atoms. The van der Waals surface area contributed by atoms with E-state index < -0.39 is 45.9 Å². The van der Waals surface area contributed by atoms with Crippen LogP contribution in [0, 0.1) is 15.9 Å². The first kappa shape index (κ1) is 26.9. The third kappa shape index (κ3) is 9.80. The highest BCUT2D eigenvalue weighted by Crippen LogP contribution is 2.23. The number of ether oxygens (including phenoxy) is 3. The molecule has 0 aliphatic carbocycles. The maximum atomic E-state index is 13.8. The number of nitro groups is 1. The van der Waals surface area contributed by atoms with Crippen molar-refractivity contribution in [1.82, 2.24) is 9.80 Å². The van der Waals surface area contributed by atoms with Gasteiger partial charge < -0.3 is 24.0 Å². The van der Waals surface area contributed by atoms with Gasteiger partial charge in [0, 0.05) is 20.2 Å². The van der Waals surface area contributed by atoms with Gasteiger partial charge in [0.1, 0.15) is 28.9 Å². The Morgan fingerprint density at radius 3 is 1.78 bits per heavy atom. The molecule has 0 unspecified atom stereocenters. The van der Waals surface area contributed by atoms with Gasteiger partial charge in [0.15, 0.2) is 0 Å². The molecule has 1 aromatic carbocycles. The first-order valence-corrected chi connectivity index (χ1v) is 9.96. The van der Waals surface area contributed by atoms with Crippen molar-refractivity contribution in [3.8, 4) is 5.75 Å². The zero-order chi connectivity index (χ0) is 24.9. The number of nitro benzene ring substituents is 1. The van der Waals surface area contributed by atoms with E-state index >= 15 is 0 Å². The Hall–Kier alpha value is -3.11. The van der Waals surface area contributed by atoms with Crippen molar-refractivity contribution in [2.45, 2.75) is 58.8 Å². The highest BCUT2D eigenvalue weighted by molar-refractivity contribution is 5.68. The van der Waals surface area contributed by atoms with E-state index in [1.807, 2.05) is 0 Å². The van der Waals surface area contributed by atoms with Crippen molar-refractivity contribution < 1.29 is 33.1 Å². The molecule has 0 saturated carbocycles. The highest BCUT2D eigenvalue weighted by atomic mass is 19.1. The Morgan fingerprint density at radius 1 is 0.969 bits per heavy atom. The molecule has 0 atom stereocenters. The summed E-state index contributed by atoms with van der Waals surface area (Å²) in [7, 11) is 2.96. The van der Waals surface area contributed by atoms with Crippen LogP contribution in [0.1, 0.15) is 41.5 Å². The summed E-state index contributed by atoms with van der Waals surface area (Å²) in [5.41, 5.74) is -1.93. The molecule has 1 aromatic rings. The molecule has 180 valence electrons. The van der Waals surface area contributed by atoms with Gasteiger partial charge >= 0.3 is 12.2 Å². The number of hydrogen-bond donors (Lipinski definition) is 0. The Balaban J connectivity index is 3.08. The second-order valence-corrected chi connectivity index (χ2v) is 9.36. The quantitative estimate of drug-likeness (QED) is 0.445. The fourth-order valence-corrected chi connectivity index (χ4v) is 2.49. The Kier molecular flexibility index (Phi) is 8.81. The van der Waals surface area contributed by atoms with Crippen molar-refractivity contribution in [2.75, 3.05) is 27.2 Å². The van der Waals surface area contributed by atoms with Gasteiger partial charge in [0.2, 0.25) is 0 Å². The molecule has 0 radical (unpaired) electrons. The number of carbonyl (C=O) groups excluding carboxylic acids is 2. The molecule has 10 nitrogen and oxygen atoms in total. The number of hydrogen-bond acceptors (Lipinski definition) is 7. The zero-order valence-electron chi connectivity index (χ0n) is 19.8. The first-order valence-electron chi connectivity index (χ1n) is 9.96. The van der Waals surface area contributed by atoms with Crippen LogP contribution in [0.5, 0.6) is 5.75 Å². The smallest absolute Gasteiger partial charge is 0.410 e. The maximum Gasteiger partial charge on any atom is 0.410 e. The maximum absolute atomic E-state index is 13.8. The van der Waals surface area contributed by atoms with Crippen LogP contribution in [0.4, 0.5) is 19.7 Å². The largest absolute Gasteiger partial charge is 0.486 e. The summed E-state index contributed by atoms with van der Waals surface area (Å²) in [4.78, 5) is 37.5. The molecule has 0 N–H and O–H groups in total. The van der Waals surface area contributed by atoms with Crippen molar-refractivity contribution in [2.24, 2.45) is 0 Å². The third-order valence-electron chi connectivity index (χ3n) is 3.73. The molecular formula is C21H32FN3O7. The number of amides is 2. The van der Waals surface area contributed by atoms with Gasteiger partial charge in [-0.25, -0.2) is 14.0 Å². The fraction of sp³-hybridized carbons (Fsp3) is 0.619. The van der Waals surface area contributed by atoms with Crippen LogP contribution in [0.2, 0.25) is 0 Å². The van der Waals surface area contributed by atoms with Crippen LogP contribution in [0.25, 0.3) is 0 Å². The minimum Gasteiger partial charge on any atom is -0.486 e. The van der Waals surface area contributed by atoms with Crippen molar-refractivity contribution >= 4 is 17.9 Å². The molecule has 0 saturated heterocycles. The zero-order valence-corrected chi connectivity index (χ0v) is 19.8. The number of rotatable bonds is 7. The minimum absolute atomic E-state index is 0.0492. The summed E-state index contributed by atoms with van der Waals surface area (Å²) in [6, 6.07) is 2.82. The van der Waals surface area contributed by atoms with Gasteiger partial charge in [0.25, 0.3) is 5.69 Å². The summed E-state index contributed by atoms with van der Waals surface area (Å²) < 4.78 is 30.2. The second kappa shape index (κ2) is 10.5. The summed E-state index contributed by atoms with van der Waals surface area (Å²) in [5, 5.41) is 11.0. The van der Waals surface area contributed by atoms with Gasteiger partial charge in [-0.3, -0.25) is 10.1 Å². The van der Waals surface area contributed by atoms with E-state index in [9.17, 15) is 24.1 Å². The van der Waals surface area contributed by atoms with Gasteiger partial charge in [-0.05, 0) is 41.5 Å². The average molecular weight is 457 g/mol. The minimum atomic E-state index is -0.869. The molecule has 0 spiro atoms. The Bertz CT molecular complexity index is 798. The van der Waals surface area contributed by atoms with E-state index in [1.165, 1.54) is 23.9 Å². The summed E-state index contributed by atoms with van der Waals surface area (Å²) in [5.74, 6) is -0.967. The number of nitrogens with zero attached hydrogens (tertiary/aromatic N) is 3. The highest BCUT2D eigenvalue weighted by Gasteiger charge is 2.27. The predicted molar refractivity (Wildman–Crippen MR) is 115 cm³/mol. The average Bonchev–Trinajstić information content (AvgIpc) is 2.57. The van der Waals surface area contributed by atoms with Crippen LogP contribution in [-0.2, 0) is 9.47 Å². The van der Waals surface area contributed by atoms with Crippen LogP contribution in [0.15, 0.2) is 18.2 Å². The van der Waals surface area contributed by atoms with Crippen LogP contribution >= 0.6 is 0 Å². The van der Waals surface area contributed by atoms with Crippen LogP contribution in [-0.4, -0.2) is 71.4 Å². The first-order chi connectivity index (χ1) is 14.5. The number of halogens is 1. The van der Waals surface area contributed by atoms with E-state index in [-0.39, 0.29) is 18.8 Å². The molecule has 0 aromatic heterocycles. The van der Waals surface area contributed by atoms with Gasteiger partial charge in [0.05, 0.1) is 30.1 Å². The van der Waals surface area contributed by atoms with Crippen molar-refractivity contribution in [3.63, 3.8) is 0 Å². The fourth-order valence-electron chi connectivity index (χ4n) is 2.49. The molecule has 0 bridgehead atoms. The summed E-state index contributed by atoms with van der Waals surface area (Å²) >= 11 is 0. The van der Waals surface area contributed by atoms with E-state index in [0.717, 1.165) is 18.2 Å². The van der Waals surface area contributed by atoms with Crippen LogP contribution < -0.4 is 4.74 Å². The van der Waals surface area contributed by atoms with E-state index in [2.05, 4.69) is 0 Å². The van der Waals surface area contributed by atoms with E-state index in [4.69, 9.17) is 14.2 Å². The van der Waals surface area contributed by atoms with Gasteiger partial charge in [-0.2, -0.15) is 0 Å². The standard InChI is InChI=1S/C21H32FN3O7/c1-20(2,3)31-18(26)23(7)12-17(13-24(8)19(27)32-21(4,5)6)30-16-10-14(22)9-15(11-16)25(28)29/h9-11,17H,12-13H2,1-8H3. The monoisotopic (exact) mass is 457 g/mol. The number of non-ortho nitro benzene ring substituents is 1. The molecule has 11 heteroatoms. The molecule has 0 aliphatic heterocycles. The summed E-state index contributed by atoms with van der Waals surface area (Å²) in [6.07, 6.45) is -2.13. The SMILES string of the molecule is CN(CC(CN(C)C(=O)OC(C)(C)C)Oc1cc(F)cc([N+](=O)[O-])c1)C(=O)OC(C)(C)C. The van der Waals surface area contributed by atoms with Crippen LogP contribution in [0.3, 0.4) is 0 Å². The van der Waals surface area contributed by atoms with E-state index in [1.54, 1.807) is 41.5 Å². The van der Waals surface area contributed by atoms with Gasteiger partial charge in [-0.1, -0.05) is 0 Å². The predicted octanol–water partition coefficient (Wildman–Crippen LogP) is 4.22. The lowest BCUT2D eigenvalue weighted by Gasteiger charge is -2.31. The molecule has 0 fully saturated rings. The molecule has 0 heterocycles. The third-order valence-corrected chi connectivity index (χ3v) is 3.73. The number of likely N-dealkylation sites (N-methyl/N-ethyl adjacent to an activating group) is 2. The molecule has 0 aliphatic rings. The molecule has 1 rings (SSSR count). The lowest BCUT2D eigenvalue weighted by molar-refractivity contribution is -0.385. The van der Waals surface area contributed by atoms with Crippen molar-refractivity contribution in [1.29, 1.82) is 0 Å². The lowest BCUT2D eigenvalue weighted by atomic mass is 10.2. The number of benzene rings is 1.